The van der Waals surface area contributed by atoms with Crippen molar-refractivity contribution in [2.45, 2.75) is 0 Å². The van der Waals surface area contributed by atoms with Crippen molar-refractivity contribution < 1.29 is 13.2 Å². The number of thiophene rings is 1. The molecule has 0 bridgehead atoms. The van der Waals surface area contributed by atoms with Crippen LogP contribution >= 0.6 is 22.9 Å². The van der Waals surface area contributed by atoms with Gasteiger partial charge in [0, 0.05) is 5.69 Å². The van der Waals surface area contributed by atoms with E-state index in [1.807, 2.05) is 0 Å². The Morgan fingerprint density at radius 3 is 2.55 bits per heavy atom. The van der Waals surface area contributed by atoms with Crippen molar-refractivity contribution in [3.8, 4) is 0 Å². The number of halogens is 1. The molecule has 0 atom stereocenters. The average Bonchev–Trinajstić information content (AvgIpc) is 2.73. The molecule has 20 heavy (non-hydrogen) atoms. The molecule has 1 heterocycles. The summed E-state index contributed by atoms with van der Waals surface area (Å²) in [5, 5.41) is 9.57. The van der Waals surface area contributed by atoms with E-state index in [0.717, 1.165) is 0 Å². The molecule has 1 amide bonds. The second-order valence-corrected chi connectivity index (χ2v) is 6.40. The van der Waals surface area contributed by atoms with Crippen LogP contribution in [-0.4, -0.2) is 14.3 Å². The summed E-state index contributed by atoms with van der Waals surface area (Å²) in [6, 6.07) is 7.79. The van der Waals surface area contributed by atoms with Gasteiger partial charge in [-0.1, -0.05) is 17.7 Å². The third-order valence-electron chi connectivity index (χ3n) is 2.20. The van der Waals surface area contributed by atoms with Crippen molar-refractivity contribution >= 4 is 50.4 Å². The monoisotopic (exact) mass is 331 g/mol. The Labute approximate surface area is 124 Å². The van der Waals surface area contributed by atoms with Crippen molar-refractivity contribution in [3.63, 3.8) is 0 Å². The molecule has 0 saturated carbocycles. The summed E-state index contributed by atoms with van der Waals surface area (Å²) < 4.78 is 24.0. The maximum atomic E-state index is 11.9. The molecule has 1 aromatic carbocycles. The number of carbonyl (C=O) groups excluding carboxylic acids is 1. The molecule has 4 N–H and O–H groups in total. The number of nitrogens with one attached hydrogen (secondary N) is 2. The quantitative estimate of drug-likeness (QED) is 0.800. The Kier molecular flexibility index (Phi) is 4.29. The molecule has 1 aromatic heterocycles. The molecule has 0 aliphatic rings. The van der Waals surface area contributed by atoms with Gasteiger partial charge >= 0.3 is 0 Å². The first-order valence-electron chi connectivity index (χ1n) is 5.30. The molecular weight excluding hydrogens is 322 g/mol. The van der Waals surface area contributed by atoms with Gasteiger partial charge in [-0.05, 0) is 29.6 Å². The van der Waals surface area contributed by atoms with Gasteiger partial charge in [0.05, 0.1) is 10.7 Å². The fraction of sp³-hybridized carbons (Fsp3) is 0. The van der Waals surface area contributed by atoms with Crippen LogP contribution in [-0.2, 0) is 10.2 Å². The van der Waals surface area contributed by atoms with Gasteiger partial charge in [-0.15, -0.1) is 11.3 Å². The zero-order chi connectivity index (χ0) is 14.8. The average molecular weight is 332 g/mol. The van der Waals surface area contributed by atoms with E-state index >= 15 is 0 Å². The molecule has 0 aliphatic carbocycles. The Bertz CT molecular complexity index is 743. The van der Waals surface area contributed by atoms with Crippen molar-refractivity contribution in [1.29, 1.82) is 0 Å². The summed E-state index contributed by atoms with van der Waals surface area (Å²) in [5.74, 6) is -0.363. The largest absolute Gasteiger partial charge is 0.321 e. The van der Waals surface area contributed by atoms with Gasteiger partial charge < -0.3 is 5.32 Å². The predicted octanol–water partition coefficient (Wildman–Crippen LogP) is 2.27. The van der Waals surface area contributed by atoms with Gasteiger partial charge in [0.15, 0.2) is 0 Å². The van der Waals surface area contributed by atoms with E-state index in [-0.39, 0.29) is 11.6 Å². The molecule has 9 heteroatoms. The number of amides is 1. The van der Waals surface area contributed by atoms with Crippen molar-refractivity contribution in [3.05, 3.63) is 45.6 Å². The number of hydrogen-bond donors (Lipinski definition) is 3. The highest BCUT2D eigenvalue weighted by atomic mass is 35.5. The lowest BCUT2D eigenvalue weighted by atomic mass is 10.3. The van der Waals surface area contributed by atoms with E-state index < -0.39 is 10.2 Å². The van der Waals surface area contributed by atoms with Gasteiger partial charge in [0.25, 0.3) is 16.1 Å². The number of nitrogens with two attached hydrogens (primary N) is 1. The molecule has 0 radical (unpaired) electrons. The number of carbonyl (C=O) groups is 1. The van der Waals surface area contributed by atoms with Crippen LogP contribution in [0.5, 0.6) is 0 Å². The maximum absolute atomic E-state index is 11.9. The van der Waals surface area contributed by atoms with Gasteiger partial charge in [-0.3, -0.25) is 9.52 Å². The topological polar surface area (TPSA) is 101 Å². The molecule has 2 rings (SSSR count). The van der Waals surface area contributed by atoms with Crippen LogP contribution in [0.15, 0.2) is 35.7 Å². The van der Waals surface area contributed by atoms with Gasteiger partial charge in [0.2, 0.25) is 0 Å². The normalized spacial score (nSPS) is 11.1. The summed E-state index contributed by atoms with van der Waals surface area (Å²) in [5.41, 5.74) is 0.677. The fourth-order valence-corrected chi connectivity index (χ4v) is 2.96. The zero-order valence-corrected chi connectivity index (χ0v) is 12.3. The lowest BCUT2D eigenvalue weighted by Crippen LogP contribution is -2.21. The number of benzene rings is 1. The van der Waals surface area contributed by atoms with Crippen molar-refractivity contribution in [2.75, 3.05) is 10.0 Å². The number of hydrogen-bond acceptors (Lipinski definition) is 4. The standard InChI is InChI=1S/C11H10ClN3O3S2/c12-9-4-5-19-10(9)11(16)14-7-2-1-3-8(6-7)15-20(13,17)18/h1-6,15H,(H,14,16)(H2,13,17,18). The lowest BCUT2D eigenvalue weighted by molar-refractivity contribution is 0.103. The third kappa shape index (κ3) is 3.94. The van der Waals surface area contributed by atoms with Crippen LogP contribution in [0.2, 0.25) is 5.02 Å². The molecule has 0 aliphatic heterocycles. The highest BCUT2D eigenvalue weighted by molar-refractivity contribution is 7.90. The van der Waals surface area contributed by atoms with E-state index in [1.165, 1.54) is 23.5 Å². The van der Waals surface area contributed by atoms with Crippen molar-refractivity contribution in [1.82, 2.24) is 0 Å². The molecule has 0 fully saturated rings. The summed E-state index contributed by atoms with van der Waals surface area (Å²) >= 11 is 7.08. The minimum absolute atomic E-state index is 0.252. The Morgan fingerprint density at radius 2 is 1.95 bits per heavy atom. The molecule has 6 nitrogen and oxygen atoms in total. The molecule has 2 aromatic rings. The highest BCUT2D eigenvalue weighted by Crippen LogP contribution is 2.24. The van der Waals surface area contributed by atoms with Crippen LogP contribution in [0, 0.1) is 0 Å². The first-order chi connectivity index (χ1) is 9.35. The molecule has 0 spiro atoms. The summed E-state index contributed by atoms with van der Waals surface area (Å²) in [6.45, 7) is 0. The summed E-state index contributed by atoms with van der Waals surface area (Å²) in [4.78, 5) is 12.3. The molecule has 0 saturated heterocycles. The minimum atomic E-state index is -3.85. The Morgan fingerprint density at radius 1 is 1.25 bits per heavy atom. The maximum Gasteiger partial charge on any atom is 0.296 e. The van der Waals surface area contributed by atoms with Crippen LogP contribution in [0.25, 0.3) is 0 Å². The smallest absolute Gasteiger partial charge is 0.296 e. The molecule has 0 unspecified atom stereocenters. The van der Waals surface area contributed by atoms with Gasteiger partial charge in [0.1, 0.15) is 4.88 Å². The summed E-state index contributed by atoms with van der Waals surface area (Å²) in [6.07, 6.45) is 0. The first kappa shape index (κ1) is 14.8. The molecule has 106 valence electrons. The van der Waals surface area contributed by atoms with Crippen LogP contribution in [0.1, 0.15) is 9.67 Å². The van der Waals surface area contributed by atoms with E-state index in [2.05, 4.69) is 10.0 Å². The minimum Gasteiger partial charge on any atom is -0.321 e. The number of rotatable bonds is 4. The zero-order valence-electron chi connectivity index (χ0n) is 9.96. The second-order valence-electron chi connectivity index (χ2n) is 3.78. The van der Waals surface area contributed by atoms with Gasteiger partial charge in [-0.2, -0.15) is 8.42 Å². The Balaban J connectivity index is 2.16. The highest BCUT2D eigenvalue weighted by Gasteiger charge is 2.12. The molecular formula is C11H10ClN3O3S2. The van der Waals surface area contributed by atoms with Crippen LogP contribution < -0.4 is 15.2 Å². The Hall–Kier alpha value is -1.61. The van der Waals surface area contributed by atoms with E-state index in [4.69, 9.17) is 16.7 Å². The third-order valence-corrected chi connectivity index (χ3v) is 4.06. The van der Waals surface area contributed by atoms with Crippen LogP contribution in [0.3, 0.4) is 0 Å². The summed E-state index contributed by atoms with van der Waals surface area (Å²) in [7, 11) is -3.85. The fourth-order valence-electron chi connectivity index (χ4n) is 1.47. The van der Waals surface area contributed by atoms with E-state index in [9.17, 15) is 13.2 Å². The number of anilines is 2. The predicted molar refractivity (Wildman–Crippen MR) is 80.5 cm³/mol. The lowest BCUT2D eigenvalue weighted by Gasteiger charge is -2.07. The van der Waals surface area contributed by atoms with Crippen molar-refractivity contribution in [2.24, 2.45) is 5.14 Å². The van der Waals surface area contributed by atoms with Crippen LogP contribution in [0.4, 0.5) is 11.4 Å². The second kappa shape index (κ2) is 5.80. The first-order valence-corrected chi connectivity index (χ1v) is 8.10. The van der Waals surface area contributed by atoms with E-state index in [0.29, 0.717) is 15.6 Å². The van der Waals surface area contributed by atoms with Gasteiger partial charge in [-0.25, -0.2) is 5.14 Å². The van der Waals surface area contributed by atoms with E-state index in [1.54, 1.807) is 23.6 Å². The SMILES string of the molecule is NS(=O)(=O)Nc1cccc(NC(=O)c2sccc2Cl)c1.